The number of carbonyl (C=O) groups is 2. The lowest BCUT2D eigenvalue weighted by molar-refractivity contribution is -0.137. The minimum Gasteiger partial charge on any atom is -0.345 e. The number of hydrogen-bond donors (Lipinski definition) is 1. The summed E-state index contributed by atoms with van der Waals surface area (Å²) in [6, 6.07) is 2.12. The second kappa shape index (κ2) is 5.08. The number of rotatable bonds is 1. The van der Waals surface area contributed by atoms with Crippen molar-refractivity contribution in [1.82, 2.24) is 5.32 Å². The van der Waals surface area contributed by atoms with Crippen LogP contribution in [0.4, 0.5) is 18.9 Å². The predicted molar refractivity (Wildman–Crippen MR) is 69.1 cm³/mol. The first-order valence-electron chi connectivity index (χ1n) is 5.68. The molecule has 0 spiro atoms. The molecule has 1 N–H and O–H groups in total. The van der Waals surface area contributed by atoms with E-state index in [1.165, 1.54) is 13.0 Å². The Morgan fingerprint density at radius 2 is 2.00 bits per heavy atom. The van der Waals surface area contributed by atoms with Crippen LogP contribution in [0, 0.1) is 0 Å². The summed E-state index contributed by atoms with van der Waals surface area (Å²) in [6.45, 7) is 1.23. The minimum atomic E-state index is -4.51. The third-order valence-electron chi connectivity index (χ3n) is 2.98. The summed E-state index contributed by atoms with van der Waals surface area (Å²) in [4.78, 5) is 24.5. The van der Waals surface area contributed by atoms with Gasteiger partial charge < -0.3 is 5.32 Å². The molecule has 4 nitrogen and oxygen atoms in total. The normalized spacial score (nSPS) is 20.1. The molecule has 2 amide bonds. The maximum absolute atomic E-state index is 12.7. The molecule has 1 heterocycles. The summed E-state index contributed by atoms with van der Waals surface area (Å²) < 4.78 is 38.5. The maximum atomic E-state index is 12.7. The molecule has 1 aromatic rings. The third kappa shape index (κ3) is 2.65. The summed E-state index contributed by atoms with van der Waals surface area (Å²) >= 11 is 3.11. The van der Waals surface area contributed by atoms with E-state index >= 15 is 0 Å². The van der Waals surface area contributed by atoms with Gasteiger partial charge in [0.2, 0.25) is 11.8 Å². The van der Waals surface area contributed by atoms with Gasteiger partial charge in [-0.25, -0.2) is 0 Å². The number of halogens is 4. The van der Waals surface area contributed by atoms with E-state index < -0.39 is 29.6 Å². The van der Waals surface area contributed by atoms with Gasteiger partial charge in [0.15, 0.2) is 0 Å². The zero-order chi connectivity index (χ0) is 15.1. The van der Waals surface area contributed by atoms with E-state index in [1.807, 2.05) is 0 Å². The fraction of sp³-hybridized carbons (Fsp3) is 0.333. The van der Waals surface area contributed by atoms with Gasteiger partial charge in [-0.2, -0.15) is 13.2 Å². The molecule has 1 fully saturated rings. The van der Waals surface area contributed by atoms with Crippen molar-refractivity contribution < 1.29 is 22.8 Å². The lowest BCUT2D eigenvalue weighted by Gasteiger charge is -2.33. The topological polar surface area (TPSA) is 49.4 Å². The molecule has 2 rings (SSSR count). The number of alkyl halides is 3. The number of piperazine rings is 1. The van der Waals surface area contributed by atoms with Crippen molar-refractivity contribution in [2.75, 3.05) is 11.4 Å². The lowest BCUT2D eigenvalue weighted by atomic mass is 10.1. The molecule has 0 radical (unpaired) electrons. The molecule has 1 saturated heterocycles. The van der Waals surface area contributed by atoms with E-state index in [9.17, 15) is 22.8 Å². The van der Waals surface area contributed by atoms with Crippen molar-refractivity contribution in [2.24, 2.45) is 0 Å². The molecule has 1 atom stereocenters. The highest BCUT2D eigenvalue weighted by Crippen LogP contribution is 2.36. The molecule has 0 saturated carbocycles. The first-order valence-corrected chi connectivity index (χ1v) is 6.47. The average molecular weight is 351 g/mol. The fourth-order valence-corrected chi connectivity index (χ4v) is 2.38. The Kier molecular flexibility index (Phi) is 3.77. The van der Waals surface area contributed by atoms with E-state index in [1.54, 1.807) is 0 Å². The van der Waals surface area contributed by atoms with Gasteiger partial charge in [0.05, 0.1) is 17.8 Å². The molecule has 108 valence electrons. The quantitative estimate of drug-likeness (QED) is 0.844. The van der Waals surface area contributed by atoms with E-state index in [4.69, 9.17) is 0 Å². The van der Waals surface area contributed by atoms with Gasteiger partial charge >= 0.3 is 6.18 Å². The molecule has 1 unspecified atom stereocenters. The Hall–Kier alpha value is -1.57. The Labute approximate surface area is 121 Å². The summed E-state index contributed by atoms with van der Waals surface area (Å²) in [5.41, 5.74) is -0.839. The summed E-state index contributed by atoms with van der Waals surface area (Å²) in [5.74, 6) is -0.869. The molecule has 8 heteroatoms. The molecule has 0 bridgehead atoms. The number of carbonyl (C=O) groups excluding carboxylic acids is 2. The summed E-state index contributed by atoms with van der Waals surface area (Å²) in [5, 5.41) is 2.38. The van der Waals surface area contributed by atoms with Crippen LogP contribution in [0.25, 0.3) is 0 Å². The zero-order valence-corrected chi connectivity index (χ0v) is 11.9. The molecule has 1 aromatic carbocycles. The zero-order valence-electron chi connectivity index (χ0n) is 10.3. The van der Waals surface area contributed by atoms with Crippen LogP contribution in [0.15, 0.2) is 22.7 Å². The van der Waals surface area contributed by atoms with Crippen LogP contribution in [0.2, 0.25) is 0 Å². The van der Waals surface area contributed by atoms with Crippen molar-refractivity contribution in [1.29, 1.82) is 0 Å². The van der Waals surface area contributed by atoms with Crippen LogP contribution < -0.4 is 10.2 Å². The molecule has 20 heavy (non-hydrogen) atoms. The molecule has 0 aliphatic carbocycles. The van der Waals surface area contributed by atoms with Crippen LogP contribution in [0.5, 0.6) is 0 Å². The van der Waals surface area contributed by atoms with E-state index in [0.717, 1.165) is 17.0 Å². The van der Waals surface area contributed by atoms with Crippen LogP contribution >= 0.6 is 15.9 Å². The second-order valence-electron chi connectivity index (χ2n) is 4.32. The van der Waals surface area contributed by atoms with Gasteiger partial charge in [0, 0.05) is 4.47 Å². The van der Waals surface area contributed by atoms with Gasteiger partial charge in [0.25, 0.3) is 0 Å². The Morgan fingerprint density at radius 3 is 2.60 bits per heavy atom. The van der Waals surface area contributed by atoms with E-state index in [2.05, 4.69) is 21.2 Å². The SMILES string of the molecule is CC1C(=O)NCC(=O)N1c1cc(C(F)(F)F)ccc1Br. The number of benzene rings is 1. The van der Waals surface area contributed by atoms with Crippen molar-refractivity contribution in [3.05, 3.63) is 28.2 Å². The van der Waals surface area contributed by atoms with Crippen LogP contribution in [-0.2, 0) is 15.8 Å². The van der Waals surface area contributed by atoms with Gasteiger partial charge in [0.1, 0.15) is 6.04 Å². The third-order valence-corrected chi connectivity index (χ3v) is 3.65. The number of anilines is 1. The molecular formula is C12H10BrF3N2O2. The Morgan fingerprint density at radius 1 is 1.35 bits per heavy atom. The standard InChI is InChI=1S/C12H10BrF3N2O2/c1-6-11(20)17-5-10(19)18(6)9-4-7(12(14,15)16)2-3-8(9)13/h2-4,6H,5H2,1H3,(H,17,20). The van der Waals surface area contributed by atoms with Crippen LogP contribution in [0.1, 0.15) is 12.5 Å². The average Bonchev–Trinajstić information content (AvgIpc) is 2.35. The van der Waals surface area contributed by atoms with Gasteiger partial charge in [-0.15, -0.1) is 0 Å². The Bertz CT molecular complexity index is 574. The lowest BCUT2D eigenvalue weighted by Crippen LogP contribution is -2.57. The maximum Gasteiger partial charge on any atom is 0.416 e. The van der Waals surface area contributed by atoms with E-state index in [0.29, 0.717) is 4.47 Å². The van der Waals surface area contributed by atoms with Crippen molar-refractivity contribution in [3.63, 3.8) is 0 Å². The van der Waals surface area contributed by atoms with Crippen LogP contribution in [0.3, 0.4) is 0 Å². The second-order valence-corrected chi connectivity index (χ2v) is 5.18. The number of amides is 2. The van der Waals surface area contributed by atoms with Crippen molar-refractivity contribution in [3.8, 4) is 0 Å². The fourth-order valence-electron chi connectivity index (χ4n) is 1.95. The predicted octanol–water partition coefficient (Wildman–Crippen LogP) is 2.32. The monoisotopic (exact) mass is 350 g/mol. The summed E-state index contributed by atoms with van der Waals surface area (Å²) in [7, 11) is 0. The highest BCUT2D eigenvalue weighted by Gasteiger charge is 2.36. The van der Waals surface area contributed by atoms with Crippen LogP contribution in [-0.4, -0.2) is 24.4 Å². The van der Waals surface area contributed by atoms with E-state index in [-0.39, 0.29) is 12.2 Å². The Balaban J connectivity index is 2.50. The minimum absolute atomic E-state index is 0.0344. The largest absolute Gasteiger partial charge is 0.416 e. The van der Waals surface area contributed by atoms with Crippen molar-refractivity contribution >= 4 is 33.4 Å². The number of nitrogens with one attached hydrogen (secondary N) is 1. The van der Waals surface area contributed by atoms with Crippen molar-refractivity contribution in [2.45, 2.75) is 19.1 Å². The first-order chi connectivity index (χ1) is 9.21. The molecule has 0 aromatic heterocycles. The molecular weight excluding hydrogens is 341 g/mol. The number of nitrogens with zero attached hydrogens (tertiary/aromatic N) is 1. The highest BCUT2D eigenvalue weighted by molar-refractivity contribution is 9.10. The smallest absolute Gasteiger partial charge is 0.345 e. The highest BCUT2D eigenvalue weighted by atomic mass is 79.9. The number of hydrogen-bond acceptors (Lipinski definition) is 2. The molecule has 1 aliphatic heterocycles. The van der Waals surface area contributed by atoms with Gasteiger partial charge in [-0.3, -0.25) is 14.5 Å². The first kappa shape index (κ1) is 14.8. The molecule has 1 aliphatic rings. The van der Waals surface area contributed by atoms with Gasteiger partial charge in [-0.05, 0) is 41.1 Å². The summed E-state index contributed by atoms with van der Waals surface area (Å²) in [6.07, 6.45) is -4.51. The van der Waals surface area contributed by atoms with Gasteiger partial charge in [-0.1, -0.05) is 0 Å².